The van der Waals surface area contributed by atoms with Gasteiger partial charge in [0.05, 0.1) is 11.7 Å². The molecule has 4 heteroatoms. The van der Waals surface area contributed by atoms with Gasteiger partial charge in [0.2, 0.25) is 0 Å². The van der Waals surface area contributed by atoms with E-state index in [1.54, 1.807) is 0 Å². The summed E-state index contributed by atoms with van der Waals surface area (Å²) in [5.74, 6) is 0. The van der Waals surface area contributed by atoms with Crippen LogP contribution in [0, 0.1) is 0 Å². The highest BCUT2D eigenvalue weighted by Gasteiger charge is 2.05. The highest BCUT2D eigenvalue weighted by Crippen LogP contribution is 2.20. The summed E-state index contributed by atoms with van der Waals surface area (Å²) in [5, 5.41) is 2.75. The van der Waals surface area contributed by atoms with E-state index in [0.29, 0.717) is 0 Å². The van der Waals surface area contributed by atoms with Crippen LogP contribution in [0.3, 0.4) is 0 Å². The zero-order valence-corrected chi connectivity index (χ0v) is 7.44. The fourth-order valence-electron chi connectivity index (χ4n) is 1.20. The molecule has 0 bridgehead atoms. The number of thiophene rings is 1. The third-order valence-electron chi connectivity index (χ3n) is 1.83. The first-order valence-corrected chi connectivity index (χ1v) is 4.64. The molecular weight excluding hydrogens is 172 g/mol. The maximum Gasteiger partial charge on any atom is 0.259 e. The van der Waals surface area contributed by atoms with Gasteiger partial charge in [-0.15, -0.1) is 11.3 Å². The van der Waals surface area contributed by atoms with Crippen LogP contribution in [0.25, 0.3) is 10.2 Å². The summed E-state index contributed by atoms with van der Waals surface area (Å²) in [4.78, 5) is 18.8. The van der Waals surface area contributed by atoms with Crippen molar-refractivity contribution in [3.63, 3.8) is 0 Å². The van der Waals surface area contributed by atoms with Gasteiger partial charge in [0.15, 0.2) is 0 Å². The summed E-state index contributed by atoms with van der Waals surface area (Å²) >= 11 is 1.52. The lowest BCUT2D eigenvalue weighted by Gasteiger charge is -1.89. The molecule has 0 aliphatic rings. The second-order valence-electron chi connectivity index (χ2n) is 2.53. The maximum absolute atomic E-state index is 11.3. The van der Waals surface area contributed by atoms with Gasteiger partial charge in [-0.1, -0.05) is 6.92 Å². The number of hydrogen-bond donors (Lipinski definition) is 1. The molecule has 2 rings (SSSR count). The number of H-pyrrole nitrogens is 1. The normalized spacial score (nSPS) is 10.8. The van der Waals surface area contributed by atoms with Gasteiger partial charge < -0.3 is 4.98 Å². The van der Waals surface area contributed by atoms with Gasteiger partial charge in [-0.05, 0) is 17.4 Å². The average Bonchev–Trinajstić information content (AvgIpc) is 2.49. The maximum atomic E-state index is 11.3. The third kappa shape index (κ3) is 0.956. The van der Waals surface area contributed by atoms with Crippen LogP contribution in [0.5, 0.6) is 0 Å². The largest absolute Gasteiger partial charge is 0.313 e. The van der Waals surface area contributed by atoms with E-state index in [1.165, 1.54) is 17.7 Å². The number of rotatable bonds is 1. The molecule has 3 nitrogen and oxygen atoms in total. The van der Waals surface area contributed by atoms with Gasteiger partial charge in [-0.3, -0.25) is 4.79 Å². The van der Waals surface area contributed by atoms with Crippen molar-refractivity contribution >= 4 is 21.6 Å². The van der Waals surface area contributed by atoms with Crippen molar-refractivity contribution < 1.29 is 0 Å². The Morgan fingerprint density at radius 3 is 3.25 bits per heavy atom. The first kappa shape index (κ1) is 7.49. The van der Waals surface area contributed by atoms with Crippen LogP contribution in [0.15, 0.2) is 16.5 Å². The zero-order valence-electron chi connectivity index (χ0n) is 6.63. The second kappa shape index (κ2) is 2.71. The Balaban J connectivity index is 2.92. The molecule has 0 aromatic carbocycles. The number of aryl methyl sites for hydroxylation is 1. The number of hydrogen-bond acceptors (Lipinski definition) is 3. The lowest BCUT2D eigenvalue weighted by atomic mass is 10.2. The van der Waals surface area contributed by atoms with Crippen molar-refractivity contribution in [1.82, 2.24) is 9.97 Å². The van der Waals surface area contributed by atoms with Crippen LogP contribution in [0.1, 0.15) is 12.5 Å². The van der Waals surface area contributed by atoms with Crippen molar-refractivity contribution in [2.45, 2.75) is 13.3 Å². The highest BCUT2D eigenvalue weighted by atomic mass is 32.1. The molecular formula is C8H8N2OS. The number of aromatic amines is 1. The standard InChI is InChI=1S/C8H8N2OS/c1-2-5-3-12-8-6(5)7(11)9-4-10-8/h3-4H,2H2,1H3,(H,9,10,11). The van der Waals surface area contributed by atoms with E-state index in [1.807, 2.05) is 12.3 Å². The zero-order chi connectivity index (χ0) is 8.55. The smallest absolute Gasteiger partial charge is 0.259 e. The minimum absolute atomic E-state index is 0.0295. The number of nitrogens with zero attached hydrogens (tertiary/aromatic N) is 1. The minimum Gasteiger partial charge on any atom is -0.313 e. The summed E-state index contributed by atoms with van der Waals surface area (Å²) in [6.07, 6.45) is 2.33. The first-order chi connectivity index (χ1) is 5.83. The van der Waals surface area contributed by atoms with E-state index in [0.717, 1.165) is 22.2 Å². The molecule has 0 saturated carbocycles. The average molecular weight is 180 g/mol. The van der Waals surface area contributed by atoms with Crippen LogP contribution >= 0.6 is 11.3 Å². The Morgan fingerprint density at radius 1 is 1.67 bits per heavy atom. The van der Waals surface area contributed by atoms with Gasteiger partial charge in [0.1, 0.15) is 4.83 Å². The molecule has 0 aliphatic carbocycles. The SMILES string of the molecule is CCc1csc2nc[nH]c(=O)c12. The quantitative estimate of drug-likeness (QED) is 0.723. The molecule has 0 aliphatic heterocycles. The van der Waals surface area contributed by atoms with E-state index in [9.17, 15) is 4.79 Å². The van der Waals surface area contributed by atoms with Crippen molar-refractivity contribution in [1.29, 1.82) is 0 Å². The Labute approximate surface area is 73.1 Å². The molecule has 0 radical (unpaired) electrons. The predicted molar refractivity (Wildman–Crippen MR) is 49.6 cm³/mol. The third-order valence-corrected chi connectivity index (χ3v) is 2.77. The van der Waals surface area contributed by atoms with Gasteiger partial charge >= 0.3 is 0 Å². The van der Waals surface area contributed by atoms with Gasteiger partial charge in [0, 0.05) is 0 Å². The molecule has 2 aromatic heterocycles. The van der Waals surface area contributed by atoms with Crippen LogP contribution in [-0.2, 0) is 6.42 Å². The monoisotopic (exact) mass is 180 g/mol. The minimum atomic E-state index is -0.0295. The summed E-state index contributed by atoms with van der Waals surface area (Å²) in [6.45, 7) is 2.04. The number of fused-ring (bicyclic) bond motifs is 1. The van der Waals surface area contributed by atoms with Gasteiger partial charge in [0.25, 0.3) is 5.56 Å². The number of nitrogens with one attached hydrogen (secondary N) is 1. The molecule has 1 N–H and O–H groups in total. The molecule has 0 fully saturated rings. The molecule has 2 heterocycles. The molecule has 0 atom stereocenters. The first-order valence-electron chi connectivity index (χ1n) is 3.76. The van der Waals surface area contributed by atoms with E-state index >= 15 is 0 Å². The van der Waals surface area contributed by atoms with Crippen molar-refractivity contribution in [2.75, 3.05) is 0 Å². The molecule has 0 unspecified atom stereocenters. The van der Waals surface area contributed by atoms with Gasteiger partial charge in [-0.2, -0.15) is 0 Å². The summed E-state index contributed by atoms with van der Waals surface area (Å²) < 4.78 is 0. The number of aromatic nitrogens is 2. The van der Waals surface area contributed by atoms with Crippen LogP contribution in [0.2, 0.25) is 0 Å². The lowest BCUT2D eigenvalue weighted by Crippen LogP contribution is -2.05. The molecule has 12 heavy (non-hydrogen) atoms. The Morgan fingerprint density at radius 2 is 2.50 bits per heavy atom. The van der Waals surface area contributed by atoms with Crippen LogP contribution in [-0.4, -0.2) is 9.97 Å². The van der Waals surface area contributed by atoms with E-state index < -0.39 is 0 Å². The summed E-state index contributed by atoms with van der Waals surface area (Å²) in [5.41, 5.74) is 1.06. The van der Waals surface area contributed by atoms with Crippen molar-refractivity contribution in [3.8, 4) is 0 Å². The van der Waals surface area contributed by atoms with E-state index in [-0.39, 0.29) is 5.56 Å². The second-order valence-corrected chi connectivity index (χ2v) is 3.38. The van der Waals surface area contributed by atoms with Gasteiger partial charge in [-0.25, -0.2) is 4.98 Å². The topological polar surface area (TPSA) is 45.8 Å². The van der Waals surface area contributed by atoms with Crippen molar-refractivity contribution in [3.05, 3.63) is 27.6 Å². The highest BCUT2D eigenvalue weighted by molar-refractivity contribution is 7.16. The molecule has 0 saturated heterocycles. The fourth-order valence-corrected chi connectivity index (χ4v) is 2.20. The van der Waals surface area contributed by atoms with Crippen molar-refractivity contribution in [2.24, 2.45) is 0 Å². The lowest BCUT2D eigenvalue weighted by molar-refractivity contribution is 1.14. The molecule has 0 spiro atoms. The Hall–Kier alpha value is -1.16. The van der Waals surface area contributed by atoms with Crippen LogP contribution in [0.4, 0.5) is 0 Å². The molecule has 2 aromatic rings. The fraction of sp³-hybridized carbons (Fsp3) is 0.250. The molecule has 0 amide bonds. The summed E-state index contributed by atoms with van der Waals surface area (Å²) in [7, 11) is 0. The Bertz CT molecular complexity index is 457. The predicted octanol–water partition coefficient (Wildman–Crippen LogP) is 1.55. The summed E-state index contributed by atoms with van der Waals surface area (Å²) in [6, 6.07) is 0. The van der Waals surface area contributed by atoms with Crippen LogP contribution < -0.4 is 5.56 Å². The van der Waals surface area contributed by atoms with E-state index in [2.05, 4.69) is 9.97 Å². The molecule has 62 valence electrons. The van der Waals surface area contributed by atoms with E-state index in [4.69, 9.17) is 0 Å². The Kier molecular flexibility index (Phi) is 1.69.